The molecule has 1 atom stereocenters. The third-order valence-corrected chi connectivity index (χ3v) is 2.67. The third-order valence-electron chi connectivity index (χ3n) is 2.67. The van der Waals surface area contributed by atoms with E-state index in [0.29, 0.717) is 12.3 Å². The maximum absolute atomic E-state index is 13.0. The normalized spacial score (nSPS) is 14.7. The highest BCUT2D eigenvalue weighted by molar-refractivity contribution is 4.92. The predicted octanol–water partition coefficient (Wildman–Crippen LogP) is 5.19. The molecule has 1 unspecified atom stereocenters. The fourth-order valence-electron chi connectivity index (χ4n) is 1.71. The van der Waals surface area contributed by atoms with Crippen molar-refractivity contribution in [3.05, 3.63) is 12.2 Å². The summed E-state index contributed by atoms with van der Waals surface area (Å²) in [5, 5.41) is 0. The molecule has 0 spiro atoms. The number of alkyl halides is 2. The Kier molecular flexibility index (Phi) is 7.63. The molecule has 0 amide bonds. The minimum absolute atomic E-state index is 0.00615. The van der Waals surface area contributed by atoms with Gasteiger partial charge in [-0.15, -0.1) is 0 Å². The number of halogens is 2. The van der Waals surface area contributed by atoms with Crippen molar-refractivity contribution in [1.82, 2.24) is 0 Å². The van der Waals surface area contributed by atoms with Crippen LogP contribution in [0.1, 0.15) is 59.3 Å². The highest BCUT2D eigenvalue weighted by Gasteiger charge is 2.23. The van der Waals surface area contributed by atoms with Crippen LogP contribution in [0.5, 0.6) is 0 Å². The molecular weight excluding hydrogens is 194 g/mol. The van der Waals surface area contributed by atoms with E-state index < -0.39 is 5.92 Å². The van der Waals surface area contributed by atoms with E-state index >= 15 is 0 Å². The molecule has 0 rings (SSSR count). The summed E-state index contributed by atoms with van der Waals surface area (Å²) in [6.45, 7) is 5.95. The second-order valence-electron chi connectivity index (χ2n) is 4.40. The Morgan fingerprint density at radius 1 is 1.20 bits per heavy atom. The summed E-state index contributed by atoms with van der Waals surface area (Å²) in [4.78, 5) is 0. The van der Waals surface area contributed by atoms with E-state index in [-0.39, 0.29) is 6.42 Å². The highest BCUT2D eigenvalue weighted by Crippen LogP contribution is 2.25. The number of hydrogen-bond acceptors (Lipinski definition) is 0. The van der Waals surface area contributed by atoms with Crippen LogP contribution < -0.4 is 0 Å². The van der Waals surface area contributed by atoms with E-state index in [1.807, 2.05) is 0 Å². The fraction of sp³-hybridized carbons (Fsp3) is 0.846. The van der Waals surface area contributed by atoms with Gasteiger partial charge in [0, 0.05) is 6.42 Å². The zero-order chi connectivity index (χ0) is 11.7. The number of rotatable bonds is 8. The van der Waals surface area contributed by atoms with Gasteiger partial charge in [-0.25, -0.2) is 8.78 Å². The van der Waals surface area contributed by atoms with E-state index in [9.17, 15) is 8.78 Å². The maximum Gasteiger partial charge on any atom is 0.266 e. The zero-order valence-corrected chi connectivity index (χ0v) is 10.2. The van der Waals surface area contributed by atoms with Gasteiger partial charge in [-0.1, -0.05) is 45.6 Å². The quantitative estimate of drug-likeness (QED) is 0.491. The van der Waals surface area contributed by atoms with E-state index in [0.717, 1.165) is 12.5 Å². The highest BCUT2D eigenvalue weighted by atomic mass is 19.3. The molecule has 0 aliphatic heterocycles. The first-order valence-electron chi connectivity index (χ1n) is 6.03. The summed E-state index contributed by atoms with van der Waals surface area (Å²) in [6.07, 6.45) is 7.56. The molecule has 90 valence electrons. The number of hydrogen-bond donors (Lipinski definition) is 0. The molecule has 0 aromatic carbocycles. The van der Waals surface area contributed by atoms with Crippen LogP contribution >= 0.6 is 0 Å². The number of unbranched alkanes of at least 4 members (excludes halogenated alkanes) is 1. The summed E-state index contributed by atoms with van der Waals surface area (Å²) < 4.78 is 26.1. The molecule has 0 aliphatic carbocycles. The van der Waals surface area contributed by atoms with Crippen LogP contribution in [0.3, 0.4) is 0 Å². The van der Waals surface area contributed by atoms with E-state index in [2.05, 4.69) is 13.8 Å². The van der Waals surface area contributed by atoms with Gasteiger partial charge in [0.05, 0.1) is 0 Å². The summed E-state index contributed by atoms with van der Waals surface area (Å²) in [5.41, 5.74) is 0. The van der Waals surface area contributed by atoms with Crippen LogP contribution in [0.25, 0.3) is 0 Å². The first-order chi connectivity index (χ1) is 7.02. The molecule has 0 heterocycles. The summed E-state index contributed by atoms with van der Waals surface area (Å²) >= 11 is 0. The van der Waals surface area contributed by atoms with Crippen LogP contribution in [0.15, 0.2) is 12.2 Å². The Labute approximate surface area is 92.8 Å². The van der Waals surface area contributed by atoms with Gasteiger partial charge >= 0.3 is 0 Å². The molecule has 15 heavy (non-hydrogen) atoms. The largest absolute Gasteiger partial charge is 0.266 e. The Morgan fingerprint density at radius 2 is 1.80 bits per heavy atom. The van der Waals surface area contributed by atoms with Crippen LogP contribution in [-0.4, -0.2) is 5.92 Å². The predicted molar refractivity (Wildman–Crippen MR) is 62.3 cm³/mol. The van der Waals surface area contributed by atoms with Crippen molar-refractivity contribution >= 4 is 0 Å². The molecule has 0 nitrogen and oxygen atoms in total. The van der Waals surface area contributed by atoms with Gasteiger partial charge in [-0.2, -0.15) is 0 Å². The lowest BCUT2D eigenvalue weighted by Crippen LogP contribution is -2.12. The average molecular weight is 218 g/mol. The van der Waals surface area contributed by atoms with Crippen LogP contribution in [0.2, 0.25) is 0 Å². The molecule has 0 radical (unpaired) electrons. The topological polar surface area (TPSA) is 0 Å². The third kappa shape index (κ3) is 8.59. The van der Waals surface area contributed by atoms with E-state index in [1.165, 1.54) is 25.3 Å². The average Bonchev–Trinajstić information content (AvgIpc) is 2.14. The molecule has 0 saturated carbocycles. The SMILES string of the molecule is C/C=C/C(F)(F)CCCC(C)CCCC. The van der Waals surface area contributed by atoms with E-state index in [1.54, 1.807) is 6.92 Å². The smallest absolute Gasteiger partial charge is 0.202 e. The van der Waals surface area contributed by atoms with Crippen molar-refractivity contribution in [1.29, 1.82) is 0 Å². The van der Waals surface area contributed by atoms with Crippen LogP contribution in [0.4, 0.5) is 8.78 Å². The Bertz CT molecular complexity index is 173. The van der Waals surface area contributed by atoms with Crippen molar-refractivity contribution in [2.45, 2.75) is 65.2 Å². The van der Waals surface area contributed by atoms with Crippen molar-refractivity contribution in [2.24, 2.45) is 5.92 Å². The minimum atomic E-state index is -2.60. The Hall–Kier alpha value is -0.400. The van der Waals surface area contributed by atoms with Crippen molar-refractivity contribution in [3.63, 3.8) is 0 Å². The van der Waals surface area contributed by atoms with Crippen molar-refractivity contribution in [2.75, 3.05) is 0 Å². The molecule has 2 heteroatoms. The van der Waals surface area contributed by atoms with Gasteiger partial charge in [-0.3, -0.25) is 0 Å². The monoisotopic (exact) mass is 218 g/mol. The second-order valence-corrected chi connectivity index (χ2v) is 4.40. The summed E-state index contributed by atoms with van der Waals surface area (Å²) in [7, 11) is 0. The maximum atomic E-state index is 13.0. The van der Waals surface area contributed by atoms with Crippen LogP contribution in [-0.2, 0) is 0 Å². The van der Waals surface area contributed by atoms with Gasteiger partial charge in [0.1, 0.15) is 0 Å². The van der Waals surface area contributed by atoms with Gasteiger partial charge in [-0.05, 0) is 25.3 Å². The first-order valence-corrected chi connectivity index (χ1v) is 6.03. The molecular formula is C13H24F2. The van der Waals surface area contributed by atoms with Gasteiger partial charge in [0.15, 0.2) is 0 Å². The standard InChI is InChI=1S/C13H24F2/c1-4-6-8-12(3)9-7-11-13(14,15)10-5-2/h5,10,12H,4,6-9,11H2,1-3H3/b10-5+. The van der Waals surface area contributed by atoms with Gasteiger partial charge in [0.2, 0.25) is 0 Å². The lowest BCUT2D eigenvalue weighted by atomic mass is 9.97. The lowest BCUT2D eigenvalue weighted by Gasteiger charge is -2.14. The molecule has 0 N–H and O–H groups in total. The first kappa shape index (κ1) is 14.6. The fourth-order valence-corrected chi connectivity index (χ4v) is 1.71. The van der Waals surface area contributed by atoms with Gasteiger partial charge in [0.25, 0.3) is 5.92 Å². The van der Waals surface area contributed by atoms with Crippen LogP contribution in [0, 0.1) is 5.92 Å². The molecule has 0 fully saturated rings. The lowest BCUT2D eigenvalue weighted by molar-refractivity contribution is 0.0415. The van der Waals surface area contributed by atoms with Gasteiger partial charge < -0.3 is 0 Å². The summed E-state index contributed by atoms with van der Waals surface area (Å²) in [5.74, 6) is -2.01. The molecule has 0 saturated heterocycles. The zero-order valence-electron chi connectivity index (χ0n) is 10.2. The minimum Gasteiger partial charge on any atom is -0.202 e. The molecule has 0 aromatic heterocycles. The molecule has 0 bridgehead atoms. The van der Waals surface area contributed by atoms with E-state index in [4.69, 9.17) is 0 Å². The Morgan fingerprint density at radius 3 is 2.33 bits per heavy atom. The second kappa shape index (κ2) is 7.84. The Balaban J connectivity index is 3.60. The number of allylic oxidation sites excluding steroid dienone is 2. The molecule has 0 aliphatic rings. The van der Waals surface area contributed by atoms with Crippen molar-refractivity contribution < 1.29 is 8.78 Å². The molecule has 0 aromatic rings. The summed E-state index contributed by atoms with van der Waals surface area (Å²) in [6, 6.07) is 0. The van der Waals surface area contributed by atoms with Crippen molar-refractivity contribution in [3.8, 4) is 0 Å².